The minimum absolute atomic E-state index is 0.0182. The van der Waals surface area contributed by atoms with Crippen molar-refractivity contribution in [3.8, 4) is 12.1 Å². The number of amides is 1. The Bertz CT molecular complexity index is 528. The van der Waals surface area contributed by atoms with Gasteiger partial charge in [-0.3, -0.25) is 4.79 Å². The van der Waals surface area contributed by atoms with Crippen molar-refractivity contribution in [2.45, 2.75) is 19.8 Å². The van der Waals surface area contributed by atoms with Crippen LogP contribution in [0, 0.1) is 34.4 Å². The lowest BCUT2D eigenvalue weighted by Gasteiger charge is -2.09. The van der Waals surface area contributed by atoms with E-state index in [1.54, 1.807) is 6.07 Å². The molecule has 1 N–H and O–H groups in total. The number of anilines is 1. The molecule has 0 saturated carbocycles. The number of nitriles is 2. The summed E-state index contributed by atoms with van der Waals surface area (Å²) in [5.74, 6) is -2.00. The average Bonchev–Trinajstić information content (AvgIpc) is 2.38. The summed E-state index contributed by atoms with van der Waals surface area (Å²) in [6.07, 6.45) is 1.13. The van der Waals surface area contributed by atoms with Gasteiger partial charge >= 0.3 is 0 Å². The molecule has 0 spiro atoms. The second kappa shape index (κ2) is 6.36. The van der Waals surface area contributed by atoms with Crippen LogP contribution in [0.25, 0.3) is 0 Å². The second-order valence-electron chi connectivity index (χ2n) is 3.77. The number of hydrogen-bond acceptors (Lipinski definition) is 3. The maximum Gasteiger partial charge on any atom is 0.241 e. The second-order valence-corrected chi connectivity index (χ2v) is 3.77. The number of halogens is 1. The number of benzene rings is 1. The first-order valence-electron chi connectivity index (χ1n) is 5.52. The van der Waals surface area contributed by atoms with Crippen LogP contribution in [-0.2, 0) is 4.79 Å². The third-order valence-electron chi connectivity index (χ3n) is 2.41. The lowest BCUT2D eigenvalue weighted by molar-refractivity contribution is -0.118. The Morgan fingerprint density at radius 3 is 2.72 bits per heavy atom. The lowest BCUT2D eigenvalue weighted by atomic mass is 10.0. The first-order chi connectivity index (χ1) is 8.62. The molecule has 0 bridgehead atoms. The third-order valence-corrected chi connectivity index (χ3v) is 2.41. The Balaban J connectivity index is 2.83. The van der Waals surface area contributed by atoms with E-state index in [0.29, 0.717) is 12.8 Å². The Labute approximate surface area is 105 Å². The molecule has 1 unspecified atom stereocenters. The van der Waals surface area contributed by atoms with Gasteiger partial charge in [0, 0.05) is 0 Å². The summed E-state index contributed by atoms with van der Waals surface area (Å²) < 4.78 is 13.5. The van der Waals surface area contributed by atoms with Gasteiger partial charge in [-0.15, -0.1) is 0 Å². The normalized spacial score (nSPS) is 11.1. The van der Waals surface area contributed by atoms with Crippen molar-refractivity contribution >= 4 is 11.6 Å². The molecular formula is C13H12FN3O. The number of nitrogens with zero attached hydrogens (tertiary/aromatic N) is 2. The predicted molar refractivity (Wildman–Crippen MR) is 63.8 cm³/mol. The highest BCUT2D eigenvalue weighted by atomic mass is 19.1. The van der Waals surface area contributed by atoms with Crippen LogP contribution >= 0.6 is 0 Å². The summed E-state index contributed by atoms with van der Waals surface area (Å²) in [7, 11) is 0. The monoisotopic (exact) mass is 245 g/mol. The molecule has 18 heavy (non-hydrogen) atoms. The standard InChI is InChI=1S/C13H12FN3O/c1-2-3-10(8-16)13(18)17-12-5-4-9(7-15)6-11(12)14/h4-6,10H,2-3H2,1H3,(H,17,18). The molecule has 1 rings (SSSR count). The molecule has 0 fully saturated rings. The molecule has 92 valence electrons. The average molecular weight is 245 g/mol. The van der Waals surface area contributed by atoms with E-state index in [1.165, 1.54) is 12.1 Å². The van der Waals surface area contributed by atoms with Crippen molar-refractivity contribution in [1.82, 2.24) is 0 Å². The highest BCUT2D eigenvalue weighted by molar-refractivity contribution is 5.94. The third kappa shape index (κ3) is 3.29. The Morgan fingerprint density at radius 1 is 1.50 bits per heavy atom. The molecule has 5 heteroatoms. The van der Waals surface area contributed by atoms with Gasteiger partial charge in [-0.05, 0) is 24.6 Å². The van der Waals surface area contributed by atoms with Gasteiger partial charge in [-0.25, -0.2) is 4.39 Å². The molecule has 1 aromatic rings. The highest BCUT2D eigenvalue weighted by Gasteiger charge is 2.18. The van der Waals surface area contributed by atoms with Crippen LogP contribution in [0.4, 0.5) is 10.1 Å². The van der Waals surface area contributed by atoms with Crippen molar-refractivity contribution < 1.29 is 9.18 Å². The van der Waals surface area contributed by atoms with Crippen LogP contribution in [0.2, 0.25) is 0 Å². The van der Waals surface area contributed by atoms with Gasteiger partial charge in [0.1, 0.15) is 11.7 Å². The molecule has 0 aromatic heterocycles. The van der Waals surface area contributed by atoms with Gasteiger partial charge in [0.15, 0.2) is 0 Å². The number of carbonyl (C=O) groups is 1. The molecule has 0 aliphatic rings. The number of hydrogen-bond donors (Lipinski definition) is 1. The lowest BCUT2D eigenvalue weighted by Crippen LogP contribution is -2.22. The van der Waals surface area contributed by atoms with Crippen LogP contribution in [0.1, 0.15) is 25.3 Å². The maximum absolute atomic E-state index is 13.5. The summed E-state index contributed by atoms with van der Waals surface area (Å²) in [4.78, 5) is 11.7. The minimum Gasteiger partial charge on any atom is -0.322 e. The first-order valence-corrected chi connectivity index (χ1v) is 5.52. The summed E-state index contributed by atoms with van der Waals surface area (Å²) >= 11 is 0. The largest absolute Gasteiger partial charge is 0.322 e. The number of nitrogens with one attached hydrogen (secondary N) is 1. The Hall–Kier alpha value is -2.40. The molecule has 0 radical (unpaired) electrons. The van der Waals surface area contributed by atoms with Crippen molar-refractivity contribution in [3.63, 3.8) is 0 Å². The van der Waals surface area contributed by atoms with E-state index in [-0.39, 0.29) is 11.3 Å². The molecule has 0 aliphatic heterocycles. The zero-order valence-electron chi connectivity index (χ0n) is 9.90. The molecule has 4 nitrogen and oxygen atoms in total. The van der Waals surface area contributed by atoms with Gasteiger partial charge in [0.25, 0.3) is 0 Å². The van der Waals surface area contributed by atoms with E-state index in [0.717, 1.165) is 6.07 Å². The van der Waals surface area contributed by atoms with Crippen molar-refractivity contribution in [3.05, 3.63) is 29.6 Å². The first kappa shape index (κ1) is 13.7. The van der Waals surface area contributed by atoms with E-state index in [2.05, 4.69) is 5.32 Å². The molecular weight excluding hydrogens is 233 g/mol. The van der Waals surface area contributed by atoms with Crippen LogP contribution in [0.3, 0.4) is 0 Å². The highest BCUT2D eigenvalue weighted by Crippen LogP contribution is 2.17. The molecule has 0 heterocycles. The predicted octanol–water partition coefficient (Wildman–Crippen LogP) is 2.58. The maximum atomic E-state index is 13.5. The van der Waals surface area contributed by atoms with Crippen molar-refractivity contribution in [2.75, 3.05) is 5.32 Å². The minimum atomic E-state index is -0.787. The quantitative estimate of drug-likeness (QED) is 0.885. The van der Waals surface area contributed by atoms with Crippen LogP contribution < -0.4 is 5.32 Å². The van der Waals surface area contributed by atoms with E-state index >= 15 is 0 Å². The van der Waals surface area contributed by atoms with Crippen LogP contribution in [-0.4, -0.2) is 5.91 Å². The van der Waals surface area contributed by atoms with Crippen LogP contribution in [0.15, 0.2) is 18.2 Å². The fourth-order valence-electron chi connectivity index (χ4n) is 1.45. The Kier molecular flexibility index (Phi) is 4.83. The van der Waals surface area contributed by atoms with Crippen molar-refractivity contribution in [2.24, 2.45) is 5.92 Å². The SMILES string of the molecule is CCCC(C#N)C(=O)Nc1ccc(C#N)cc1F. The number of carbonyl (C=O) groups excluding carboxylic acids is 1. The fourth-order valence-corrected chi connectivity index (χ4v) is 1.45. The molecule has 1 atom stereocenters. The zero-order valence-corrected chi connectivity index (χ0v) is 9.90. The fraction of sp³-hybridized carbons (Fsp3) is 0.308. The molecule has 1 amide bonds. The summed E-state index contributed by atoms with van der Waals surface area (Å²) in [5, 5.41) is 19.7. The van der Waals surface area contributed by atoms with E-state index in [9.17, 15) is 9.18 Å². The molecule has 0 aliphatic carbocycles. The van der Waals surface area contributed by atoms with Gasteiger partial charge in [0.05, 0.1) is 23.4 Å². The number of rotatable bonds is 4. The van der Waals surface area contributed by atoms with Gasteiger partial charge in [-0.2, -0.15) is 10.5 Å². The topological polar surface area (TPSA) is 76.7 Å². The summed E-state index contributed by atoms with van der Waals surface area (Å²) in [6, 6.07) is 7.43. The Morgan fingerprint density at radius 2 is 2.22 bits per heavy atom. The van der Waals surface area contributed by atoms with Crippen molar-refractivity contribution in [1.29, 1.82) is 10.5 Å². The summed E-state index contributed by atoms with van der Waals surface area (Å²) in [5.41, 5.74) is 0.159. The van der Waals surface area contributed by atoms with Crippen LogP contribution in [0.5, 0.6) is 0 Å². The molecule has 0 saturated heterocycles. The summed E-state index contributed by atoms with van der Waals surface area (Å²) in [6.45, 7) is 1.86. The van der Waals surface area contributed by atoms with Gasteiger partial charge < -0.3 is 5.32 Å². The zero-order chi connectivity index (χ0) is 13.5. The smallest absolute Gasteiger partial charge is 0.241 e. The molecule has 1 aromatic carbocycles. The van der Waals surface area contributed by atoms with E-state index in [1.807, 2.05) is 13.0 Å². The van der Waals surface area contributed by atoms with Gasteiger partial charge in [0.2, 0.25) is 5.91 Å². The van der Waals surface area contributed by atoms with Gasteiger partial charge in [-0.1, -0.05) is 13.3 Å². The van der Waals surface area contributed by atoms with E-state index in [4.69, 9.17) is 10.5 Å². The van der Waals surface area contributed by atoms with E-state index < -0.39 is 17.6 Å².